The van der Waals surface area contributed by atoms with E-state index in [1.165, 1.54) is 133 Å². The van der Waals surface area contributed by atoms with Gasteiger partial charge in [-0.05, 0) is 251 Å². The highest BCUT2D eigenvalue weighted by Crippen LogP contribution is 2.70. The Hall–Kier alpha value is -17.2. The molecule has 0 saturated heterocycles. The van der Waals surface area contributed by atoms with Gasteiger partial charge in [0.2, 0.25) is 11.9 Å². The first-order valence-corrected chi connectivity index (χ1v) is 45.4. The Balaban J connectivity index is 0.655. The first-order chi connectivity index (χ1) is 65.0. The molecular weight excluding hydrogens is 1590 g/mol. The van der Waals surface area contributed by atoms with Crippen LogP contribution in [0.4, 0.5) is 0 Å². The van der Waals surface area contributed by atoms with Crippen LogP contribution in [0.1, 0.15) is 66.8 Å². The van der Waals surface area contributed by atoms with E-state index in [1.807, 2.05) is 0 Å². The highest BCUT2D eigenvalue weighted by molar-refractivity contribution is 6.22. The van der Waals surface area contributed by atoms with E-state index in [2.05, 4.69) is 443 Å². The average molecular weight is 1660 g/mol. The molecule has 5 aliphatic rings. The molecule has 31 rings (SSSR count). The lowest BCUT2D eigenvalue weighted by Crippen LogP contribution is -2.43. The largest absolute Gasteiger partial charge is 0.279 e. The van der Waals surface area contributed by atoms with Crippen molar-refractivity contribution in [3.63, 3.8) is 0 Å². The topological polar surface area (TPSA) is 70.2 Å². The van der Waals surface area contributed by atoms with Gasteiger partial charge in [-0.25, -0.2) is 19.9 Å². The molecule has 131 heavy (non-hydrogen) atoms. The van der Waals surface area contributed by atoms with Crippen molar-refractivity contribution in [2.24, 2.45) is 0 Å². The summed E-state index contributed by atoms with van der Waals surface area (Å²) in [6, 6.07) is 160. The summed E-state index contributed by atoms with van der Waals surface area (Å²) in [6.07, 6.45) is 0. The summed E-state index contributed by atoms with van der Waals surface area (Å²) in [7, 11) is 0. The summed E-state index contributed by atoms with van der Waals surface area (Å²) in [4.78, 5) is 23.3. The Bertz CT molecular complexity index is 9650. The minimum Gasteiger partial charge on any atom is -0.279 e. The molecule has 1 atom stereocenters. The summed E-state index contributed by atoms with van der Waals surface area (Å²) in [5, 5.41) is 11.4. The molecule has 0 amide bonds. The third-order valence-electron chi connectivity index (χ3n) is 30.6. The molecule has 0 fully saturated rings. The van der Waals surface area contributed by atoms with Crippen LogP contribution < -0.4 is 0 Å². The monoisotopic (exact) mass is 1660 g/mol. The molecule has 0 radical (unpaired) electrons. The third kappa shape index (κ3) is 8.58. The van der Waals surface area contributed by atoms with Gasteiger partial charge >= 0.3 is 0 Å². The molecule has 602 valence electrons. The lowest BCUT2D eigenvalue weighted by molar-refractivity contribution is 0.633. The van der Waals surface area contributed by atoms with Gasteiger partial charge in [-0.3, -0.25) is 17.9 Å². The fourth-order valence-corrected chi connectivity index (χ4v) is 25.7. The summed E-state index contributed by atoms with van der Waals surface area (Å²) in [5.41, 5.74) is 41.4. The molecule has 0 bridgehead atoms. The minimum absolute atomic E-state index is 0.557. The molecule has 6 heterocycles. The van der Waals surface area contributed by atoms with E-state index in [4.69, 9.17) is 19.9 Å². The Labute approximate surface area is 750 Å². The highest BCUT2D eigenvalue weighted by atomic mass is 15.2. The van der Waals surface area contributed by atoms with Crippen molar-refractivity contribution in [2.75, 3.05) is 0 Å². The van der Waals surface area contributed by atoms with Crippen molar-refractivity contribution in [3.05, 3.63) is 491 Å². The van der Waals surface area contributed by atoms with E-state index >= 15 is 0 Å². The van der Waals surface area contributed by atoms with E-state index in [0.717, 1.165) is 144 Å². The summed E-state index contributed by atoms with van der Waals surface area (Å²) in [5.74, 6) is 1.49. The number of hydrogen-bond donors (Lipinski definition) is 0. The maximum absolute atomic E-state index is 6.19. The second kappa shape index (κ2) is 25.1. The van der Waals surface area contributed by atoms with Gasteiger partial charge in [0.05, 0.1) is 76.8 Å². The van der Waals surface area contributed by atoms with E-state index in [1.54, 1.807) is 0 Å². The molecular formula is C123H70N8. The number of nitrogens with zero attached hydrogens (tertiary/aromatic N) is 8. The van der Waals surface area contributed by atoms with E-state index in [-0.39, 0.29) is 0 Å². The molecule has 8 heteroatoms. The zero-order valence-corrected chi connectivity index (χ0v) is 70.5. The molecule has 3 spiro atoms. The molecule has 6 aromatic heterocycles. The first-order valence-electron chi connectivity index (χ1n) is 45.4. The Kier molecular flexibility index (Phi) is 13.4. The maximum Gasteiger partial charge on any atom is 0.221 e. The second-order valence-corrected chi connectivity index (χ2v) is 36.3. The number of imidazole rings is 2. The first kappa shape index (κ1) is 70.0. The normalized spacial score (nSPS) is 14.9. The molecule has 20 aromatic carbocycles. The number of benzene rings is 20. The van der Waals surface area contributed by atoms with Crippen molar-refractivity contribution < 1.29 is 0 Å². The van der Waals surface area contributed by atoms with Gasteiger partial charge in [0.1, 0.15) is 5.65 Å². The van der Waals surface area contributed by atoms with Crippen LogP contribution in [0.25, 0.3) is 210 Å². The van der Waals surface area contributed by atoms with Crippen LogP contribution >= 0.6 is 0 Å². The zero-order chi connectivity index (χ0) is 85.0. The van der Waals surface area contributed by atoms with Crippen molar-refractivity contribution in [1.29, 1.82) is 0 Å². The fraction of sp³-hybridized carbons (Fsp3) is 0.0244. The Morgan fingerprint density at radius 3 is 1.14 bits per heavy atom. The molecule has 1 unspecified atom stereocenters. The van der Waals surface area contributed by atoms with Crippen LogP contribution in [0.5, 0.6) is 0 Å². The molecule has 0 N–H and O–H groups in total. The Morgan fingerprint density at radius 2 is 0.542 bits per heavy atom. The maximum atomic E-state index is 6.19. The molecule has 0 aliphatic heterocycles. The smallest absolute Gasteiger partial charge is 0.221 e. The number of aromatic nitrogens is 8. The molecule has 0 saturated carbocycles. The SMILES string of the molecule is c1ccc2c(c1)-c1ccccc1C21c2ccccc2C2(c3ccccc3-c3ccc(-c4ccc5c6ccccc6n(-c6nc7cccc(-c8cc9c%10ccccc%10n(-c%10nc%11ccccc%11c%11nc%12ccccc%12n%10%11)c9cc8-c8ccc9c(c8)C8(c%10ccccc%10-9)c9ccccc9-c9c8c8ccccc8c8ccccc98)c7c7nc8ccccc8n67)c5c4)cc32)c2ccccc21. The standard InChI is InChI=1S/C123H70N8/c1-3-38-85-74(30-1)75-31-2-4-39-87(75)116-114(85)88-40-9-17-47-97(88)123(116)96-46-16-8-35-79(96)81-64-62-73(67-103(81)123)90-70-113-92(83-37-12-26-57-109(83)129(113)119-126-104-52-22-10-41-89(104)117-124-105-53-23-27-58-110(105)130(117)119)69-91(90)86-42-29-55-107-115(86)118-125-106-54-24-28-59-111(106)131(118)120(127-107)128-108-56-25-11-36-82(108)84-65-61-72(68-112(84)128)71-60-63-80-78-34-7-15-45-95(78)122(102(80)66-71)100-50-20-18-48-98(100)121(99-49-19-21-51-101(99)122)93-43-13-5-32-76(93)77-33-6-14-44-94(77)121/h1-70H. The average Bonchev–Trinajstić information content (AvgIpc) is 1.51. The fourth-order valence-electron chi connectivity index (χ4n) is 25.7. The van der Waals surface area contributed by atoms with Gasteiger partial charge < -0.3 is 0 Å². The highest BCUT2D eigenvalue weighted by Gasteiger charge is 2.60. The van der Waals surface area contributed by atoms with Gasteiger partial charge in [-0.15, -0.1) is 0 Å². The number of rotatable bonds is 5. The quantitative estimate of drug-likeness (QED) is 0.161. The van der Waals surface area contributed by atoms with Crippen LogP contribution in [-0.2, 0) is 16.2 Å². The predicted molar refractivity (Wildman–Crippen MR) is 534 cm³/mol. The van der Waals surface area contributed by atoms with Crippen molar-refractivity contribution >= 4 is 120 Å². The van der Waals surface area contributed by atoms with Crippen LogP contribution in [0.3, 0.4) is 0 Å². The second-order valence-electron chi connectivity index (χ2n) is 36.3. The van der Waals surface area contributed by atoms with Crippen LogP contribution in [0, 0.1) is 0 Å². The summed E-state index contributed by atoms with van der Waals surface area (Å²) in [6.45, 7) is 0. The van der Waals surface area contributed by atoms with Crippen LogP contribution in [-0.4, -0.2) is 37.9 Å². The predicted octanol–water partition coefficient (Wildman–Crippen LogP) is 29.3. The lowest BCUT2D eigenvalue weighted by atomic mass is 9.52. The van der Waals surface area contributed by atoms with Crippen molar-refractivity contribution in [1.82, 2.24) is 37.9 Å². The van der Waals surface area contributed by atoms with Crippen LogP contribution in [0.15, 0.2) is 425 Å². The lowest BCUT2D eigenvalue weighted by Gasteiger charge is -2.48. The summed E-state index contributed by atoms with van der Waals surface area (Å²) >= 11 is 0. The minimum atomic E-state index is -0.720. The number of para-hydroxylation sites is 7. The van der Waals surface area contributed by atoms with Gasteiger partial charge in [0, 0.05) is 26.9 Å². The number of fused-ring (bicyclic) bond motifs is 47. The zero-order valence-electron chi connectivity index (χ0n) is 70.5. The van der Waals surface area contributed by atoms with E-state index in [9.17, 15) is 0 Å². The van der Waals surface area contributed by atoms with Gasteiger partial charge in [0.25, 0.3) is 0 Å². The van der Waals surface area contributed by atoms with E-state index in [0.29, 0.717) is 0 Å². The van der Waals surface area contributed by atoms with Crippen LogP contribution in [0.2, 0.25) is 0 Å². The van der Waals surface area contributed by atoms with E-state index < -0.39 is 16.2 Å². The molecule has 5 aliphatic carbocycles. The Morgan fingerprint density at radius 1 is 0.176 bits per heavy atom. The summed E-state index contributed by atoms with van der Waals surface area (Å²) < 4.78 is 9.47. The number of hydrogen-bond acceptors (Lipinski definition) is 4. The van der Waals surface area contributed by atoms with Gasteiger partial charge in [0.15, 0.2) is 5.65 Å². The molecule has 8 nitrogen and oxygen atoms in total. The molecule has 26 aromatic rings. The van der Waals surface area contributed by atoms with Gasteiger partial charge in [-0.1, -0.05) is 340 Å². The van der Waals surface area contributed by atoms with Crippen molar-refractivity contribution in [3.8, 4) is 89.8 Å². The van der Waals surface area contributed by atoms with Gasteiger partial charge in [-0.2, -0.15) is 0 Å². The van der Waals surface area contributed by atoms with Crippen molar-refractivity contribution in [2.45, 2.75) is 16.2 Å². The third-order valence-corrected chi connectivity index (χ3v) is 30.6.